The molecule has 0 aliphatic rings. The molecule has 0 aliphatic carbocycles. The molecular formula is C8H5F13O4P-. The molecule has 0 radical (unpaired) electrons. The van der Waals surface area contributed by atoms with E-state index in [2.05, 4.69) is 4.52 Å². The van der Waals surface area contributed by atoms with Gasteiger partial charge in [-0.05, 0) is 0 Å². The van der Waals surface area contributed by atoms with E-state index in [-0.39, 0.29) is 0 Å². The lowest BCUT2D eigenvalue weighted by Gasteiger charge is -2.39. The van der Waals surface area contributed by atoms with Gasteiger partial charge >= 0.3 is 35.8 Å². The second-order valence-electron chi connectivity index (χ2n) is 4.55. The molecule has 0 aromatic heterocycles. The fraction of sp³-hybridized carbons (Fsp3) is 1.00. The van der Waals surface area contributed by atoms with Gasteiger partial charge in [0.15, 0.2) is 0 Å². The highest BCUT2D eigenvalue weighted by Crippen LogP contribution is 2.60. The zero-order valence-corrected chi connectivity index (χ0v) is 12.3. The van der Waals surface area contributed by atoms with E-state index in [0.717, 1.165) is 0 Å². The molecule has 1 N–H and O–H groups in total. The number of hydrogen-bond acceptors (Lipinski definition) is 3. The van der Waals surface area contributed by atoms with Crippen LogP contribution in [0.5, 0.6) is 0 Å². The van der Waals surface area contributed by atoms with Gasteiger partial charge in [0, 0.05) is 6.42 Å². The molecule has 0 spiro atoms. The quantitative estimate of drug-likeness (QED) is 0.353. The Bertz CT molecular complexity index is 551. The maximum atomic E-state index is 13.1. The molecule has 0 saturated heterocycles. The summed E-state index contributed by atoms with van der Waals surface area (Å²) in [7, 11) is -5.86. The van der Waals surface area contributed by atoms with E-state index in [1.165, 1.54) is 0 Å². The Morgan fingerprint density at radius 1 is 0.731 bits per heavy atom. The summed E-state index contributed by atoms with van der Waals surface area (Å²) in [6.45, 7) is -2.23. The fourth-order valence-electron chi connectivity index (χ4n) is 1.25. The van der Waals surface area contributed by atoms with Crippen LogP contribution in [0, 0.1) is 0 Å². The minimum atomic E-state index is -8.03. The SMILES string of the molecule is O=P([O-])(O)O[13CH2][13CH2]C(F)(F)C(F)(F)C(F)(F)C(F)(F)C(F)(F)C(F)(F)F. The largest absolute Gasteiger partial charge is 0.756 e. The van der Waals surface area contributed by atoms with Gasteiger partial charge in [-0.2, -0.15) is 57.1 Å². The number of alkyl halides is 13. The number of phosphoric ester groups is 1. The van der Waals surface area contributed by atoms with E-state index in [0.29, 0.717) is 0 Å². The maximum absolute atomic E-state index is 13.1. The second kappa shape index (κ2) is 6.67. The van der Waals surface area contributed by atoms with Crippen molar-refractivity contribution in [1.82, 2.24) is 0 Å². The Morgan fingerprint density at radius 3 is 1.38 bits per heavy atom. The van der Waals surface area contributed by atoms with Crippen LogP contribution in [-0.4, -0.2) is 47.3 Å². The van der Waals surface area contributed by atoms with Gasteiger partial charge in [0.25, 0.3) is 7.82 Å². The van der Waals surface area contributed by atoms with Crippen molar-refractivity contribution in [3.8, 4) is 0 Å². The Labute approximate surface area is 134 Å². The average Bonchev–Trinajstić information content (AvgIpc) is 2.34. The summed E-state index contributed by atoms with van der Waals surface area (Å²) in [6, 6.07) is 0. The van der Waals surface area contributed by atoms with Crippen LogP contribution in [-0.2, 0) is 9.09 Å². The molecule has 0 rings (SSSR count). The number of hydrogen-bond donors (Lipinski definition) is 1. The van der Waals surface area contributed by atoms with Gasteiger partial charge < -0.3 is 14.3 Å². The van der Waals surface area contributed by atoms with Crippen LogP contribution in [0.25, 0.3) is 0 Å². The molecule has 0 fully saturated rings. The molecule has 0 amide bonds. The third-order valence-electron chi connectivity index (χ3n) is 2.67. The highest BCUT2D eigenvalue weighted by atomic mass is 31.2. The van der Waals surface area contributed by atoms with Crippen molar-refractivity contribution in [2.75, 3.05) is 6.61 Å². The minimum Gasteiger partial charge on any atom is -0.756 e. The predicted octanol–water partition coefficient (Wildman–Crippen LogP) is 3.59. The van der Waals surface area contributed by atoms with Gasteiger partial charge in [-0.15, -0.1) is 0 Å². The van der Waals surface area contributed by atoms with Gasteiger partial charge in [-0.1, -0.05) is 0 Å². The number of rotatable bonds is 8. The van der Waals surface area contributed by atoms with Crippen LogP contribution in [0.3, 0.4) is 0 Å². The molecule has 158 valence electrons. The molecular weight excluding hydrogens is 440 g/mol. The maximum Gasteiger partial charge on any atom is 0.460 e. The molecule has 0 aliphatic heterocycles. The summed E-state index contributed by atoms with van der Waals surface area (Å²) in [5.41, 5.74) is 0. The van der Waals surface area contributed by atoms with Gasteiger partial charge in [0.1, 0.15) is 0 Å². The monoisotopic (exact) mass is 445 g/mol. The van der Waals surface area contributed by atoms with E-state index < -0.39 is 56.6 Å². The van der Waals surface area contributed by atoms with Gasteiger partial charge in [-0.25, -0.2) is 0 Å². The van der Waals surface area contributed by atoms with Crippen molar-refractivity contribution in [3.63, 3.8) is 0 Å². The molecule has 0 saturated carbocycles. The highest BCUT2D eigenvalue weighted by molar-refractivity contribution is 7.44. The molecule has 0 heterocycles. The number of phosphoric acid groups is 1. The summed E-state index contributed by atoms with van der Waals surface area (Å²) in [5, 5.41) is 0. The summed E-state index contributed by atoms with van der Waals surface area (Å²) in [4.78, 5) is 18.0. The zero-order chi connectivity index (χ0) is 21.6. The Balaban J connectivity index is 5.89. The average molecular weight is 445 g/mol. The second-order valence-corrected chi connectivity index (χ2v) is 5.75. The fourth-order valence-corrected chi connectivity index (χ4v) is 1.57. The number of halogens is 13. The lowest BCUT2D eigenvalue weighted by Crippen LogP contribution is -2.70. The third kappa shape index (κ3) is 4.20. The van der Waals surface area contributed by atoms with Crippen molar-refractivity contribution in [2.24, 2.45) is 0 Å². The first-order chi connectivity index (χ1) is 11.0. The summed E-state index contributed by atoms with van der Waals surface area (Å²) < 4.78 is 177. The van der Waals surface area contributed by atoms with Crippen molar-refractivity contribution >= 4 is 7.82 Å². The van der Waals surface area contributed by atoms with Crippen molar-refractivity contribution in [2.45, 2.75) is 42.2 Å². The van der Waals surface area contributed by atoms with E-state index in [4.69, 9.17) is 4.89 Å². The molecule has 1 unspecified atom stereocenters. The molecule has 26 heavy (non-hydrogen) atoms. The van der Waals surface area contributed by atoms with Crippen LogP contribution < -0.4 is 4.89 Å². The molecule has 0 aromatic rings. The zero-order valence-electron chi connectivity index (χ0n) is 11.4. The summed E-state index contributed by atoms with van der Waals surface area (Å²) in [5.74, 6) is -37.8. The summed E-state index contributed by atoms with van der Waals surface area (Å²) in [6.07, 6.45) is -10.4. The Morgan fingerprint density at radius 2 is 1.08 bits per heavy atom. The topological polar surface area (TPSA) is 69.6 Å². The molecule has 4 nitrogen and oxygen atoms in total. The molecule has 0 aromatic carbocycles. The van der Waals surface area contributed by atoms with E-state index in [1.807, 2.05) is 0 Å². The first-order valence-corrected chi connectivity index (χ1v) is 7.09. The molecule has 18 heteroatoms. The van der Waals surface area contributed by atoms with Crippen LogP contribution in [0.15, 0.2) is 0 Å². The van der Waals surface area contributed by atoms with E-state index in [1.54, 1.807) is 0 Å². The lowest BCUT2D eigenvalue weighted by molar-refractivity contribution is -0.440. The van der Waals surface area contributed by atoms with Crippen molar-refractivity contribution in [3.05, 3.63) is 0 Å². The highest BCUT2D eigenvalue weighted by Gasteiger charge is 2.90. The van der Waals surface area contributed by atoms with Gasteiger partial charge in [0.05, 0.1) is 6.61 Å². The molecule has 0 bridgehead atoms. The van der Waals surface area contributed by atoms with Crippen molar-refractivity contribution < 1.29 is 76.0 Å². The van der Waals surface area contributed by atoms with Crippen LogP contribution in [0.2, 0.25) is 0 Å². The minimum absolute atomic E-state index is 2.23. The first-order valence-electron chi connectivity index (χ1n) is 5.60. The van der Waals surface area contributed by atoms with E-state index >= 15 is 0 Å². The smallest absolute Gasteiger partial charge is 0.460 e. The van der Waals surface area contributed by atoms with Gasteiger partial charge in [-0.3, -0.25) is 4.57 Å². The van der Waals surface area contributed by atoms with Crippen LogP contribution in [0.1, 0.15) is 6.42 Å². The Hall–Kier alpha value is -0.800. The van der Waals surface area contributed by atoms with Crippen LogP contribution >= 0.6 is 7.82 Å². The van der Waals surface area contributed by atoms with Crippen LogP contribution in [0.4, 0.5) is 57.1 Å². The molecule has 1 atom stereocenters. The Kier molecular flexibility index (Phi) is 6.46. The first kappa shape index (κ1) is 25.2. The summed E-state index contributed by atoms with van der Waals surface area (Å²) >= 11 is 0. The lowest BCUT2D eigenvalue weighted by atomic mass is 9.96. The predicted molar refractivity (Wildman–Crippen MR) is 51.2 cm³/mol. The van der Waals surface area contributed by atoms with Crippen molar-refractivity contribution in [1.29, 1.82) is 0 Å². The normalized spacial score (nSPS) is 18.0. The van der Waals surface area contributed by atoms with Gasteiger partial charge in [0.2, 0.25) is 0 Å². The standard InChI is InChI=1S/C8H6F13O4P/c9-3(10,1-2-25-26(22,23)24)4(11,12)5(13,14)6(15,16)7(17,18)8(19,20)21/h1-2H2,(H2,22,23,24)/p-1/i1+1,2+1. The third-order valence-corrected chi connectivity index (χ3v) is 3.18. The van der Waals surface area contributed by atoms with E-state index in [9.17, 15) is 66.5 Å².